The van der Waals surface area contributed by atoms with Crippen molar-refractivity contribution in [3.8, 4) is 0 Å². The minimum absolute atomic E-state index is 0.942. The molecule has 0 unspecified atom stereocenters. The average Bonchev–Trinajstić information content (AvgIpc) is 3.13. The van der Waals surface area contributed by atoms with Gasteiger partial charge in [0.1, 0.15) is 0 Å². The van der Waals surface area contributed by atoms with Crippen molar-refractivity contribution >= 4 is 27.5 Å². The molecule has 0 spiro atoms. The zero-order valence-corrected chi connectivity index (χ0v) is 27.7. The molecule has 0 saturated heterocycles. The van der Waals surface area contributed by atoms with Gasteiger partial charge in [0, 0.05) is 6.54 Å². The standard InChI is InChI=1S/C45H47N/c1-3-5-6-12-32(4-2)38-26-28-44(42-16-9-7-14-40(38)42)45-29-27-39(41-15-8-10-17-43(41)45)36-24-22-34(23-25-36)33-18-20-35(21-19-33)37-13-11-30-46-31-37/h7-18,20,22,24,26,28,30,46H,3-6,19,21,23,25,27,29,31H2,1-2H3/b32-12+. The number of fused-ring (bicyclic) bond motifs is 2. The Bertz CT molecular complexity index is 2000. The number of nitrogens with one attached hydrogen (secondary N) is 1. The second-order valence-electron chi connectivity index (χ2n) is 13.1. The normalized spacial score (nSPS) is 18.3. The van der Waals surface area contributed by atoms with Gasteiger partial charge in [-0.2, -0.15) is 0 Å². The van der Waals surface area contributed by atoms with Crippen molar-refractivity contribution in [3.63, 3.8) is 0 Å². The van der Waals surface area contributed by atoms with Crippen LogP contribution in [0.15, 0.2) is 137 Å². The molecular weight excluding hydrogens is 555 g/mol. The fourth-order valence-corrected chi connectivity index (χ4v) is 7.92. The molecule has 232 valence electrons. The summed E-state index contributed by atoms with van der Waals surface area (Å²) in [6, 6.07) is 23.1. The van der Waals surface area contributed by atoms with Gasteiger partial charge in [0.15, 0.2) is 0 Å². The number of unbranched alkanes of at least 4 members (excludes halogenated alkanes) is 2. The third kappa shape index (κ3) is 6.08. The van der Waals surface area contributed by atoms with Crippen molar-refractivity contribution in [2.24, 2.45) is 0 Å². The number of benzene rings is 3. The Morgan fingerprint density at radius 2 is 1.26 bits per heavy atom. The molecule has 3 aromatic rings. The Balaban J connectivity index is 1.25. The molecule has 7 rings (SSSR count). The van der Waals surface area contributed by atoms with Crippen LogP contribution in [-0.2, 0) is 0 Å². The van der Waals surface area contributed by atoms with Gasteiger partial charge in [0.25, 0.3) is 0 Å². The van der Waals surface area contributed by atoms with E-state index < -0.39 is 0 Å². The summed E-state index contributed by atoms with van der Waals surface area (Å²) in [7, 11) is 0. The summed E-state index contributed by atoms with van der Waals surface area (Å²) in [4.78, 5) is 0. The fraction of sp³-hybridized carbons (Fsp3) is 0.289. The maximum atomic E-state index is 3.35. The van der Waals surface area contributed by atoms with Crippen molar-refractivity contribution in [1.82, 2.24) is 5.32 Å². The number of hydrogen-bond donors (Lipinski definition) is 1. The molecule has 0 aromatic heterocycles. The van der Waals surface area contributed by atoms with Gasteiger partial charge in [0.05, 0.1) is 0 Å². The molecule has 46 heavy (non-hydrogen) atoms. The summed E-state index contributed by atoms with van der Waals surface area (Å²) in [5, 5.41) is 8.98. The van der Waals surface area contributed by atoms with Gasteiger partial charge in [-0.25, -0.2) is 0 Å². The van der Waals surface area contributed by atoms with Crippen LogP contribution in [0.4, 0.5) is 0 Å². The third-order valence-electron chi connectivity index (χ3n) is 10.4. The molecular formula is C45H47N. The molecule has 1 heterocycles. The van der Waals surface area contributed by atoms with Gasteiger partial charge in [-0.3, -0.25) is 0 Å². The predicted molar refractivity (Wildman–Crippen MR) is 199 cm³/mol. The van der Waals surface area contributed by atoms with Gasteiger partial charge in [-0.05, 0) is 141 Å². The van der Waals surface area contributed by atoms with Gasteiger partial charge >= 0.3 is 0 Å². The van der Waals surface area contributed by atoms with Crippen LogP contribution in [0.25, 0.3) is 27.5 Å². The average molecular weight is 602 g/mol. The lowest BCUT2D eigenvalue weighted by molar-refractivity contribution is 0.814. The van der Waals surface area contributed by atoms with Crippen LogP contribution in [-0.4, -0.2) is 6.54 Å². The summed E-state index contributed by atoms with van der Waals surface area (Å²) in [5.74, 6) is 0. The van der Waals surface area contributed by atoms with E-state index in [2.05, 4.69) is 122 Å². The molecule has 0 bridgehead atoms. The topological polar surface area (TPSA) is 12.0 Å². The van der Waals surface area contributed by atoms with Gasteiger partial charge < -0.3 is 5.32 Å². The second-order valence-corrected chi connectivity index (χ2v) is 13.1. The van der Waals surface area contributed by atoms with Crippen LogP contribution in [0.5, 0.6) is 0 Å². The highest BCUT2D eigenvalue weighted by molar-refractivity contribution is 6.01. The zero-order valence-electron chi connectivity index (χ0n) is 27.7. The van der Waals surface area contributed by atoms with E-state index in [0.717, 1.165) is 57.9 Å². The molecule has 3 aromatic carbocycles. The molecule has 0 amide bonds. The molecule has 1 nitrogen and oxygen atoms in total. The first-order valence-electron chi connectivity index (χ1n) is 17.7. The number of hydrogen-bond acceptors (Lipinski definition) is 1. The Labute approximate surface area is 275 Å². The monoisotopic (exact) mass is 601 g/mol. The predicted octanol–water partition coefficient (Wildman–Crippen LogP) is 10.3. The highest BCUT2D eigenvalue weighted by Gasteiger charge is 2.21. The summed E-state index contributed by atoms with van der Waals surface area (Å²) in [6.45, 7) is 5.52. The molecule has 1 N–H and O–H groups in total. The first-order chi connectivity index (χ1) is 22.7. The van der Waals surface area contributed by atoms with Crippen molar-refractivity contribution in [1.29, 1.82) is 0 Å². The first kappa shape index (κ1) is 30.3. The van der Waals surface area contributed by atoms with Gasteiger partial charge in [-0.15, -0.1) is 0 Å². The molecule has 0 saturated carbocycles. The Hall–Kier alpha value is -4.36. The van der Waals surface area contributed by atoms with E-state index in [1.165, 1.54) is 84.2 Å². The molecule has 4 aliphatic rings. The summed E-state index contributed by atoms with van der Waals surface area (Å²) < 4.78 is 0. The second kappa shape index (κ2) is 14.0. The largest absolute Gasteiger partial charge is 0.387 e. The number of rotatable bonds is 9. The van der Waals surface area contributed by atoms with Crippen LogP contribution in [0.1, 0.15) is 89.2 Å². The minimum Gasteiger partial charge on any atom is -0.387 e. The SMILES string of the molecule is CCCC/C=C(\CC)c1ccc(C2=c3ccccc3=C(C3=CC=C(C4=CC=C(C5=CC=CNC5)CC4)CC3)CC2)c2ccccc12. The van der Waals surface area contributed by atoms with Crippen LogP contribution < -0.4 is 15.8 Å². The van der Waals surface area contributed by atoms with E-state index in [4.69, 9.17) is 0 Å². The molecule has 0 fully saturated rings. The van der Waals surface area contributed by atoms with Crippen molar-refractivity contribution in [2.45, 2.75) is 78.1 Å². The van der Waals surface area contributed by atoms with Crippen LogP contribution in [0.3, 0.4) is 0 Å². The van der Waals surface area contributed by atoms with E-state index in [-0.39, 0.29) is 0 Å². The number of allylic oxidation sites excluding steroid dienone is 11. The smallest absolute Gasteiger partial charge is 0.0398 e. The Kier molecular flexibility index (Phi) is 9.19. The molecule has 0 atom stereocenters. The van der Waals surface area contributed by atoms with Gasteiger partial charge in [-0.1, -0.05) is 124 Å². The Morgan fingerprint density at radius 3 is 1.91 bits per heavy atom. The van der Waals surface area contributed by atoms with Crippen molar-refractivity contribution < 1.29 is 0 Å². The Morgan fingerprint density at radius 1 is 0.630 bits per heavy atom. The minimum atomic E-state index is 0.942. The lowest BCUT2D eigenvalue weighted by Gasteiger charge is -2.25. The highest BCUT2D eigenvalue weighted by Crippen LogP contribution is 2.38. The maximum absolute atomic E-state index is 3.35. The number of dihydropyridines is 1. The summed E-state index contributed by atoms with van der Waals surface area (Å²) in [5.41, 5.74) is 14.8. The first-order valence-corrected chi connectivity index (χ1v) is 17.7. The van der Waals surface area contributed by atoms with E-state index in [9.17, 15) is 0 Å². The van der Waals surface area contributed by atoms with Crippen LogP contribution in [0, 0.1) is 0 Å². The van der Waals surface area contributed by atoms with E-state index in [1.54, 1.807) is 5.57 Å². The lowest BCUT2D eigenvalue weighted by Crippen LogP contribution is -2.33. The third-order valence-corrected chi connectivity index (χ3v) is 10.4. The molecule has 0 radical (unpaired) electrons. The lowest BCUT2D eigenvalue weighted by atomic mass is 9.80. The quantitative estimate of drug-likeness (QED) is 0.241. The zero-order chi connectivity index (χ0) is 31.3. The van der Waals surface area contributed by atoms with Crippen molar-refractivity contribution in [2.75, 3.05) is 6.54 Å². The fourth-order valence-electron chi connectivity index (χ4n) is 7.92. The molecule has 3 aliphatic carbocycles. The van der Waals surface area contributed by atoms with Gasteiger partial charge in [0.2, 0.25) is 0 Å². The van der Waals surface area contributed by atoms with E-state index in [1.807, 2.05) is 6.20 Å². The summed E-state index contributed by atoms with van der Waals surface area (Å²) in [6.07, 6.45) is 29.9. The maximum Gasteiger partial charge on any atom is 0.0398 e. The molecule has 1 aliphatic heterocycles. The van der Waals surface area contributed by atoms with Crippen molar-refractivity contribution in [3.05, 3.63) is 159 Å². The van der Waals surface area contributed by atoms with E-state index >= 15 is 0 Å². The highest BCUT2D eigenvalue weighted by atomic mass is 14.8. The van der Waals surface area contributed by atoms with Crippen LogP contribution >= 0.6 is 0 Å². The summed E-state index contributed by atoms with van der Waals surface area (Å²) >= 11 is 0. The van der Waals surface area contributed by atoms with Crippen LogP contribution in [0.2, 0.25) is 0 Å². The van der Waals surface area contributed by atoms with E-state index in [0.29, 0.717) is 0 Å². The molecule has 1 heteroatoms.